The van der Waals surface area contributed by atoms with Gasteiger partial charge in [0.25, 0.3) is 5.91 Å². The summed E-state index contributed by atoms with van der Waals surface area (Å²) in [6.45, 7) is 0. The van der Waals surface area contributed by atoms with Crippen LogP contribution < -0.4 is 5.32 Å². The van der Waals surface area contributed by atoms with Crippen LogP contribution in [0.3, 0.4) is 0 Å². The summed E-state index contributed by atoms with van der Waals surface area (Å²) in [6.07, 6.45) is -1.48. The number of aromatic nitrogens is 3. The topological polar surface area (TPSA) is 59.8 Å². The lowest BCUT2D eigenvalue weighted by atomic mass is 10.1. The smallest absolute Gasteiger partial charge is 0.322 e. The summed E-state index contributed by atoms with van der Waals surface area (Å²) in [5.74, 6) is -0.489. The number of carbonyl (C=O) groups excluding carboxylic acids is 1. The van der Waals surface area contributed by atoms with E-state index in [1.807, 2.05) is 0 Å². The molecular weight excluding hydrogens is 321 g/mol. The maximum atomic E-state index is 12.5. The van der Waals surface area contributed by atoms with Crippen molar-refractivity contribution >= 4 is 11.6 Å². The third kappa shape index (κ3) is 3.43. The number of rotatable bonds is 3. The zero-order valence-corrected chi connectivity index (χ0v) is 12.2. The van der Waals surface area contributed by atoms with E-state index >= 15 is 0 Å². The fraction of sp³-hybridized carbons (Fsp3) is 0.0625. The number of hydrogen-bond donors (Lipinski definition) is 1. The Kier molecular flexibility index (Phi) is 4.03. The van der Waals surface area contributed by atoms with E-state index in [2.05, 4.69) is 15.4 Å². The van der Waals surface area contributed by atoms with Gasteiger partial charge in [0.05, 0.1) is 11.3 Å². The average molecular weight is 332 g/mol. The summed E-state index contributed by atoms with van der Waals surface area (Å²) in [5, 5.41) is 6.60. The van der Waals surface area contributed by atoms with Gasteiger partial charge in [-0.1, -0.05) is 0 Å². The lowest BCUT2D eigenvalue weighted by Crippen LogP contribution is -2.13. The van der Waals surface area contributed by atoms with E-state index in [1.54, 1.807) is 28.9 Å². The number of halogens is 3. The third-order valence-electron chi connectivity index (χ3n) is 3.28. The van der Waals surface area contributed by atoms with Crippen LogP contribution in [0, 0.1) is 0 Å². The van der Waals surface area contributed by atoms with Gasteiger partial charge in [-0.2, -0.15) is 18.3 Å². The van der Waals surface area contributed by atoms with Gasteiger partial charge >= 0.3 is 6.18 Å². The minimum atomic E-state index is -4.42. The van der Waals surface area contributed by atoms with E-state index in [0.29, 0.717) is 5.69 Å². The van der Waals surface area contributed by atoms with Crippen LogP contribution >= 0.6 is 0 Å². The van der Waals surface area contributed by atoms with Crippen molar-refractivity contribution in [3.63, 3.8) is 0 Å². The number of carbonyl (C=O) groups is 1. The molecule has 0 fully saturated rings. The van der Waals surface area contributed by atoms with Gasteiger partial charge in [0.15, 0.2) is 0 Å². The molecule has 0 bridgehead atoms. The minimum absolute atomic E-state index is 0.142. The van der Waals surface area contributed by atoms with Crippen LogP contribution in [-0.4, -0.2) is 20.7 Å². The van der Waals surface area contributed by atoms with Gasteiger partial charge in [-0.05, 0) is 48.5 Å². The second-order valence-electron chi connectivity index (χ2n) is 4.92. The van der Waals surface area contributed by atoms with Crippen molar-refractivity contribution in [1.29, 1.82) is 0 Å². The van der Waals surface area contributed by atoms with E-state index in [0.717, 1.165) is 30.0 Å². The maximum absolute atomic E-state index is 12.5. The fourth-order valence-corrected chi connectivity index (χ4v) is 2.05. The number of amides is 1. The molecule has 24 heavy (non-hydrogen) atoms. The number of alkyl halides is 3. The van der Waals surface area contributed by atoms with Crippen molar-refractivity contribution in [2.24, 2.45) is 0 Å². The number of nitrogens with zero attached hydrogens (tertiary/aromatic N) is 3. The molecule has 1 heterocycles. The third-order valence-corrected chi connectivity index (χ3v) is 3.28. The molecule has 5 nitrogen and oxygen atoms in total. The van der Waals surface area contributed by atoms with E-state index in [1.165, 1.54) is 12.7 Å². The van der Waals surface area contributed by atoms with Crippen LogP contribution in [0.25, 0.3) is 5.69 Å². The molecule has 2 aromatic carbocycles. The monoisotopic (exact) mass is 332 g/mol. The largest absolute Gasteiger partial charge is 0.416 e. The van der Waals surface area contributed by atoms with Crippen LogP contribution in [0.4, 0.5) is 18.9 Å². The second-order valence-corrected chi connectivity index (χ2v) is 4.92. The molecule has 0 spiro atoms. The van der Waals surface area contributed by atoms with Crippen LogP contribution in [0.15, 0.2) is 61.2 Å². The maximum Gasteiger partial charge on any atom is 0.416 e. The molecule has 0 unspecified atom stereocenters. The lowest BCUT2D eigenvalue weighted by molar-refractivity contribution is -0.137. The number of benzene rings is 2. The first-order valence-electron chi connectivity index (χ1n) is 6.87. The molecule has 122 valence electrons. The highest BCUT2D eigenvalue weighted by Crippen LogP contribution is 2.29. The Bertz CT molecular complexity index is 825. The molecular formula is C16H11F3N4O. The van der Waals surface area contributed by atoms with Crippen molar-refractivity contribution in [1.82, 2.24) is 14.8 Å². The minimum Gasteiger partial charge on any atom is -0.322 e. The van der Waals surface area contributed by atoms with E-state index < -0.39 is 17.6 Å². The average Bonchev–Trinajstić information content (AvgIpc) is 3.09. The van der Waals surface area contributed by atoms with Gasteiger partial charge in [-0.3, -0.25) is 4.79 Å². The summed E-state index contributed by atoms with van der Waals surface area (Å²) < 4.78 is 39.1. The molecule has 0 atom stereocenters. The Morgan fingerprint density at radius 3 is 2.21 bits per heavy atom. The predicted molar refractivity (Wildman–Crippen MR) is 80.8 cm³/mol. The quantitative estimate of drug-likeness (QED) is 0.798. The summed E-state index contributed by atoms with van der Waals surface area (Å²) in [7, 11) is 0. The molecule has 0 saturated carbocycles. The van der Waals surface area contributed by atoms with Crippen molar-refractivity contribution in [3.05, 3.63) is 72.3 Å². The highest BCUT2D eigenvalue weighted by molar-refractivity contribution is 6.04. The van der Waals surface area contributed by atoms with Gasteiger partial charge < -0.3 is 5.32 Å². The number of nitrogens with one attached hydrogen (secondary N) is 1. The normalized spacial score (nSPS) is 11.3. The SMILES string of the molecule is O=C(Nc1ccc(-n2cncn2)cc1)c1ccc(C(F)(F)F)cc1. The first-order valence-corrected chi connectivity index (χ1v) is 6.87. The molecule has 0 radical (unpaired) electrons. The van der Waals surface area contributed by atoms with Crippen molar-refractivity contribution in [3.8, 4) is 5.69 Å². The van der Waals surface area contributed by atoms with Crippen LogP contribution in [0.5, 0.6) is 0 Å². The summed E-state index contributed by atoms with van der Waals surface area (Å²) >= 11 is 0. The molecule has 0 aliphatic rings. The second kappa shape index (κ2) is 6.15. The van der Waals surface area contributed by atoms with E-state index in [4.69, 9.17) is 0 Å². The molecule has 3 rings (SSSR count). The Morgan fingerprint density at radius 2 is 1.67 bits per heavy atom. The van der Waals surface area contributed by atoms with Gasteiger partial charge in [0.1, 0.15) is 12.7 Å². The molecule has 0 aliphatic heterocycles. The van der Waals surface area contributed by atoms with Crippen molar-refractivity contribution in [2.45, 2.75) is 6.18 Å². The van der Waals surface area contributed by atoms with Crippen LogP contribution in [-0.2, 0) is 6.18 Å². The molecule has 0 aliphatic carbocycles. The van der Waals surface area contributed by atoms with Gasteiger partial charge in [0.2, 0.25) is 0 Å². The van der Waals surface area contributed by atoms with E-state index in [-0.39, 0.29) is 5.56 Å². The zero-order valence-electron chi connectivity index (χ0n) is 12.2. The Hall–Kier alpha value is -3.16. The predicted octanol–water partition coefficient (Wildman–Crippen LogP) is 3.54. The molecule has 1 N–H and O–H groups in total. The molecule has 1 aromatic heterocycles. The van der Waals surface area contributed by atoms with Gasteiger partial charge in [-0.25, -0.2) is 9.67 Å². The van der Waals surface area contributed by atoms with Crippen molar-refractivity contribution < 1.29 is 18.0 Å². The van der Waals surface area contributed by atoms with Gasteiger partial charge in [-0.15, -0.1) is 0 Å². The number of anilines is 1. The molecule has 8 heteroatoms. The molecule has 1 amide bonds. The Morgan fingerprint density at radius 1 is 1.00 bits per heavy atom. The lowest BCUT2D eigenvalue weighted by Gasteiger charge is -2.09. The fourth-order valence-electron chi connectivity index (χ4n) is 2.05. The molecule has 3 aromatic rings. The number of hydrogen-bond acceptors (Lipinski definition) is 3. The first-order chi connectivity index (χ1) is 11.4. The summed E-state index contributed by atoms with van der Waals surface area (Å²) in [6, 6.07) is 10.8. The first kappa shape index (κ1) is 15.7. The standard InChI is InChI=1S/C16H11F3N4O/c17-16(18,19)12-3-1-11(2-4-12)15(24)22-13-5-7-14(8-6-13)23-10-20-9-21-23/h1-10H,(H,22,24). The molecule has 0 saturated heterocycles. The van der Waals surface area contributed by atoms with Crippen LogP contribution in [0.1, 0.15) is 15.9 Å². The zero-order chi connectivity index (χ0) is 17.2. The Balaban J connectivity index is 1.70. The van der Waals surface area contributed by atoms with E-state index in [9.17, 15) is 18.0 Å². The summed E-state index contributed by atoms with van der Waals surface area (Å²) in [4.78, 5) is 15.9. The Labute approximate surface area is 134 Å². The van der Waals surface area contributed by atoms with Crippen molar-refractivity contribution in [2.75, 3.05) is 5.32 Å². The highest BCUT2D eigenvalue weighted by Gasteiger charge is 2.30. The summed E-state index contributed by atoms with van der Waals surface area (Å²) in [5.41, 5.74) is 0.628. The van der Waals surface area contributed by atoms with Gasteiger partial charge in [0, 0.05) is 11.3 Å². The highest BCUT2D eigenvalue weighted by atomic mass is 19.4. The van der Waals surface area contributed by atoms with Crippen LogP contribution in [0.2, 0.25) is 0 Å².